The smallest absolute Gasteiger partial charge is 0.340 e. The van der Waals surface area contributed by atoms with Crippen molar-refractivity contribution in [1.82, 2.24) is 9.80 Å². The van der Waals surface area contributed by atoms with Gasteiger partial charge in [0.25, 0.3) is 0 Å². The number of nitrogens with zero attached hydrogens (tertiary/aromatic N) is 3. The summed E-state index contributed by atoms with van der Waals surface area (Å²) >= 11 is 0. The van der Waals surface area contributed by atoms with E-state index in [-0.39, 0.29) is 0 Å². The van der Waals surface area contributed by atoms with Gasteiger partial charge >= 0.3 is 5.97 Å². The van der Waals surface area contributed by atoms with E-state index in [4.69, 9.17) is 18.9 Å². The molecule has 1 aliphatic rings. The van der Waals surface area contributed by atoms with Crippen molar-refractivity contribution in [2.75, 3.05) is 67.8 Å². The van der Waals surface area contributed by atoms with Crippen LogP contribution in [-0.2, 0) is 9.47 Å². The molecule has 1 saturated heterocycles. The Labute approximate surface area is 160 Å². The molecule has 0 spiro atoms. The Morgan fingerprint density at radius 3 is 2.63 bits per heavy atom. The van der Waals surface area contributed by atoms with Gasteiger partial charge in [-0.15, -0.1) is 0 Å². The van der Waals surface area contributed by atoms with Crippen LogP contribution in [-0.4, -0.2) is 89.9 Å². The van der Waals surface area contributed by atoms with E-state index in [1.165, 1.54) is 7.11 Å². The summed E-state index contributed by atoms with van der Waals surface area (Å²) < 4.78 is 21.5. The average molecular weight is 379 g/mol. The van der Waals surface area contributed by atoms with Gasteiger partial charge in [-0.25, -0.2) is 9.79 Å². The van der Waals surface area contributed by atoms with Crippen LogP contribution >= 0.6 is 0 Å². The number of morpholine rings is 1. The van der Waals surface area contributed by atoms with E-state index in [1.807, 2.05) is 14.1 Å². The average Bonchev–Trinajstić information content (AvgIpc) is 2.69. The number of hydrogen-bond acceptors (Lipinski definition) is 7. The molecule has 27 heavy (non-hydrogen) atoms. The fraction of sp³-hybridized carbons (Fsp3) is 0.579. The number of aliphatic imine (C=N–C) groups is 1. The van der Waals surface area contributed by atoms with Crippen LogP contribution in [0.4, 0.5) is 5.69 Å². The van der Waals surface area contributed by atoms with E-state index in [0.29, 0.717) is 29.4 Å². The van der Waals surface area contributed by atoms with Crippen molar-refractivity contribution in [2.45, 2.75) is 6.42 Å². The Hall–Kier alpha value is -2.32. The molecular formula is C19H29N3O5. The number of ether oxygens (including phenoxy) is 4. The fourth-order valence-corrected chi connectivity index (χ4v) is 2.67. The molecule has 0 atom stereocenters. The molecule has 8 heteroatoms. The second-order valence-electron chi connectivity index (χ2n) is 6.38. The summed E-state index contributed by atoms with van der Waals surface area (Å²) in [4.78, 5) is 20.6. The quantitative estimate of drug-likeness (QED) is 0.280. The number of hydrogen-bond donors (Lipinski definition) is 0. The number of carbonyl (C=O) groups excluding carboxylic acids is 1. The minimum Gasteiger partial charge on any atom is -0.493 e. The Kier molecular flexibility index (Phi) is 8.35. The van der Waals surface area contributed by atoms with Crippen LogP contribution in [0.3, 0.4) is 0 Å². The highest BCUT2D eigenvalue weighted by Crippen LogP contribution is 2.35. The first kappa shape index (κ1) is 21.0. The number of methoxy groups -OCH3 is 2. The van der Waals surface area contributed by atoms with Crippen molar-refractivity contribution in [3.05, 3.63) is 17.7 Å². The Morgan fingerprint density at radius 1 is 1.26 bits per heavy atom. The zero-order valence-electron chi connectivity index (χ0n) is 16.6. The predicted molar refractivity (Wildman–Crippen MR) is 104 cm³/mol. The lowest BCUT2D eigenvalue weighted by atomic mass is 10.1. The SMILES string of the molecule is COC(=O)c1cc(OCCCN2CCOCC2)c(OC)cc1N=CN(C)C. The fourth-order valence-electron chi connectivity index (χ4n) is 2.67. The van der Waals surface area contributed by atoms with Gasteiger partial charge in [0.15, 0.2) is 11.5 Å². The number of esters is 1. The molecule has 0 amide bonds. The molecule has 0 N–H and O–H groups in total. The van der Waals surface area contributed by atoms with Crippen LogP contribution in [0.25, 0.3) is 0 Å². The molecule has 150 valence electrons. The van der Waals surface area contributed by atoms with E-state index < -0.39 is 5.97 Å². The van der Waals surface area contributed by atoms with Gasteiger partial charge in [-0.2, -0.15) is 0 Å². The van der Waals surface area contributed by atoms with Crippen molar-refractivity contribution in [1.29, 1.82) is 0 Å². The van der Waals surface area contributed by atoms with Crippen LogP contribution in [0.2, 0.25) is 0 Å². The number of benzene rings is 1. The van der Waals surface area contributed by atoms with Crippen molar-refractivity contribution >= 4 is 18.0 Å². The lowest BCUT2D eigenvalue weighted by Crippen LogP contribution is -2.37. The topological polar surface area (TPSA) is 72.8 Å². The Balaban J connectivity index is 2.08. The molecule has 1 aromatic carbocycles. The molecule has 0 aromatic heterocycles. The maximum atomic E-state index is 12.1. The second-order valence-corrected chi connectivity index (χ2v) is 6.38. The highest BCUT2D eigenvalue weighted by molar-refractivity contribution is 5.96. The summed E-state index contributed by atoms with van der Waals surface area (Å²) in [5.74, 6) is 0.560. The molecule has 8 nitrogen and oxygen atoms in total. The number of carbonyl (C=O) groups is 1. The summed E-state index contributed by atoms with van der Waals surface area (Å²) in [7, 11) is 6.61. The van der Waals surface area contributed by atoms with Gasteiger partial charge in [0.2, 0.25) is 0 Å². The Bertz CT molecular complexity index is 642. The van der Waals surface area contributed by atoms with Crippen LogP contribution in [0, 0.1) is 0 Å². The summed E-state index contributed by atoms with van der Waals surface area (Å²) in [6.07, 6.45) is 2.49. The summed E-state index contributed by atoms with van der Waals surface area (Å²) in [6.45, 7) is 4.94. The largest absolute Gasteiger partial charge is 0.493 e. The van der Waals surface area contributed by atoms with Gasteiger partial charge < -0.3 is 23.8 Å². The van der Waals surface area contributed by atoms with Gasteiger partial charge in [0.1, 0.15) is 0 Å². The zero-order chi connectivity index (χ0) is 19.6. The summed E-state index contributed by atoms with van der Waals surface area (Å²) in [5, 5.41) is 0. The summed E-state index contributed by atoms with van der Waals surface area (Å²) in [5.41, 5.74) is 0.799. The molecule has 1 heterocycles. The molecule has 1 fully saturated rings. The first-order valence-electron chi connectivity index (χ1n) is 8.99. The monoisotopic (exact) mass is 379 g/mol. The van der Waals surface area contributed by atoms with Gasteiger partial charge in [-0.05, 0) is 6.42 Å². The highest BCUT2D eigenvalue weighted by atomic mass is 16.5. The van der Waals surface area contributed by atoms with Crippen LogP contribution in [0.15, 0.2) is 17.1 Å². The molecule has 0 bridgehead atoms. The molecule has 1 aromatic rings. The first-order chi connectivity index (χ1) is 13.0. The molecular weight excluding hydrogens is 350 g/mol. The van der Waals surface area contributed by atoms with E-state index in [9.17, 15) is 4.79 Å². The van der Waals surface area contributed by atoms with Crippen molar-refractivity contribution < 1.29 is 23.7 Å². The first-order valence-corrected chi connectivity index (χ1v) is 8.99. The third kappa shape index (κ3) is 6.41. The molecule has 1 aliphatic heterocycles. The second kappa shape index (κ2) is 10.7. The lowest BCUT2D eigenvalue weighted by Gasteiger charge is -2.26. The lowest BCUT2D eigenvalue weighted by molar-refractivity contribution is 0.0357. The van der Waals surface area contributed by atoms with E-state index >= 15 is 0 Å². The van der Waals surface area contributed by atoms with Crippen molar-refractivity contribution in [3.63, 3.8) is 0 Å². The molecule has 2 rings (SSSR count). The minimum atomic E-state index is -0.471. The summed E-state index contributed by atoms with van der Waals surface area (Å²) in [6, 6.07) is 3.31. The van der Waals surface area contributed by atoms with Gasteiger partial charge in [-0.1, -0.05) is 0 Å². The van der Waals surface area contributed by atoms with Crippen LogP contribution in [0.5, 0.6) is 11.5 Å². The highest BCUT2D eigenvalue weighted by Gasteiger charge is 2.18. The van der Waals surface area contributed by atoms with E-state index in [0.717, 1.165) is 39.3 Å². The van der Waals surface area contributed by atoms with Gasteiger partial charge in [0, 0.05) is 45.9 Å². The number of rotatable bonds is 9. The van der Waals surface area contributed by atoms with Crippen molar-refractivity contribution in [2.24, 2.45) is 4.99 Å². The molecule has 0 unspecified atom stereocenters. The molecule has 0 aliphatic carbocycles. The van der Waals surface area contributed by atoms with Crippen LogP contribution < -0.4 is 9.47 Å². The Morgan fingerprint density at radius 2 is 2.00 bits per heavy atom. The maximum Gasteiger partial charge on any atom is 0.340 e. The van der Waals surface area contributed by atoms with Crippen LogP contribution in [0.1, 0.15) is 16.8 Å². The standard InChI is InChI=1S/C19H29N3O5/c1-21(2)14-20-16-13-17(24-3)18(12-15(16)19(23)25-4)27-9-5-6-22-7-10-26-11-8-22/h12-14H,5-11H2,1-4H3. The van der Waals surface area contributed by atoms with Crippen molar-refractivity contribution in [3.8, 4) is 11.5 Å². The maximum absolute atomic E-state index is 12.1. The normalized spacial score (nSPS) is 15.0. The van der Waals surface area contributed by atoms with E-state index in [2.05, 4.69) is 9.89 Å². The third-order valence-corrected chi connectivity index (χ3v) is 4.09. The van der Waals surface area contributed by atoms with Gasteiger partial charge in [0.05, 0.1) is 51.6 Å². The molecule has 0 saturated carbocycles. The predicted octanol–water partition coefficient (Wildman–Crippen LogP) is 1.80. The molecule has 0 radical (unpaired) electrons. The zero-order valence-corrected chi connectivity index (χ0v) is 16.6. The third-order valence-electron chi connectivity index (χ3n) is 4.09. The minimum absolute atomic E-state index is 0.333. The van der Waals surface area contributed by atoms with Gasteiger partial charge in [-0.3, -0.25) is 4.90 Å². The van der Waals surface area contributed by atoms with E-state index in [1.54, 1.807) is 30.5 Å².